The molecule has 1 heterocycles. The number of nitrogens with one attached hydrogen (secondary N) is 3. The van der Waals surface area contributed by atoms with E-state index in [1.807, 2.05) is 37.2 Å². The van der Waals surface area contributed by atoms with Gasteiger partial charge in [-0.1, -0.05) is 12.1 Å². The van der Waals surface area contributed by atoms with E-state index in [1.165, 1.54) is 0 Å². The standard InChI is InChI=1S/C19H28N6S.ClH/c1-4-20-19(26)22-14-11-9-13(10-12-14)21-18-23-16-8-6-5-7-15(16)17(24-18)25(2)3;/h5-8,13-14H,4,9-12H2,1-3H3,(H2,20,22,26)(H,21,23,24);1H/t13-,14+;. The molecule has 1 aliphatic carbocycles. The van der Waals surface area contributed by atoms with E-state index in [4.69, 9.17) is 22.2 Å². The zero-order valence-electron chi connectivity index (χ0n) is 16.2. The Balaban J connectivity index is 0.00000261. The van der Waals surface area contributed by atoms with Gasteiger partial charge in [-0.25, -0.2) is 4.98 Å². The first-order valence-corrected chi connectivity index (χ1v) is 9.72. The second kappa shape index (κ2) is 9.90. The second-order valence-electron chi connectivity index (χ2n) is 6.98. The Morgan fingerprint density at radius 2 is 1.78 bits per heavy atom. The maximum absolute atomic E-state index is 5.29. The predicted molar refractivity (Wildman–Crippen MR) is 120 cm³/mol. The third kappa shape index (κ3) is 5.56. The van der Waals surface area contributed by atoms with Crippen LogP contribution < -0.4 is 20.9 Å². The molecule has 0 unspecified atom stereocenters. The summed E-state index contributed by atoms with van der Waals surface area (Å²) < 4.78 is 0. The lowest BCUT2D eigenvalue weighted by Gasteiger charge is -2.30. The number of hydrogen-bond donors (Lipinski definition) is 3. The molecule has 27 heavy (non-hydrogen) atoms. The number of halogens is 1. The predicted octanol–water partition coefficient (Wildman–Crippen LogP) is 3.32. The van der Waals surface area contributed by atoms with Gasteiger partial charge in [-0.05, 0) is 57.0 Å². The Kier molecular flexibility index (Phi) is 7.86. The number of para-hydroxylation sites is 1. The molecule has 1 aromatic carbocycles. The average Bonchev–Trinajstić information content (AvgIpc) is 2.63. The molecule has 1 fully saturated rings. The fraction of sp³-hybridized carbons (Fsp3) is 0.526. The van der Waals surface area contributed by atoms with Crippen molar-refractivity contribution < 1.29 is 0 Å². The number of fused-ring (bicyclic) bond motifs is 1. The summed E-state index contributed by atoms with van der Waals surface area (Å²) in [6.45, 7) is 2.91. The maximum atomic E-state index is 5.29. The fourth-order valence-corrected chi connectivity index (χ4v) is 3.74. The van der Waals surface area contributed by atoms with Gasteiger partial charge in [-0.2, -0.15) is 4.98 Å². The van der Waals surface area contributed by atoms with Crippen molar-refractivity contribution in [2.24, 2.45) is 0 Å². The summed E-state index contributed by atoms with van der Waals surface area (Å²) in [5.41, 5.74) is 0.972. The monoisotopic (exact) mass is 408 g/mol. The van der Waals surface area contributed by atoms with Crippen LogP contribution in [0.25, 0.3) is 10.9 Å². The van der Waals surface area contributed by atoms with Crippen molar-refractivity contribution in [3.05, 3.63) is 24.3 Å². The lowest BCUT2D eigenvalue weighted by atomic mass is 9.91. The fourth-order valence-electron chi connectivity index (χ4n) is 3.43. The SMILES string of the molecule is CCNC(=S)N[C@H]1CC[C@@H](Nc2nc(N(C)C)c3ccccc3n2)CC1.Cl. The van der Waals surface area contributed by atoms with Crippen LogP contribution in [0.4, 0.5) is 11.8 Å². The molecule has 2 aromatic rings. The third-order valence-corrected chi connectivity index (χ3v) is 5.00. The van der Waals surface area contributed by atoms with E-state index in [-0.39, 0.29) is 12.4 Å². The summed E-state index contributed by atoms with van der Waals surface area (Å²) in [4.78, 5) is 11.5. The molecule has 3 rings (SSSR count). The Morgan fingerprint density at radius 1 is 1.11 bits per heavy atom. The highest BCUT2D eigenvalue weighted by atomic mass is 35.5. The van der Waals surface area contributed by atoms with Crippen LogP contribution in [-0.2, 0) is 0 Å². The molecule has 1 aliphatic rings. The van der Waals surface area contributed by atoms with Gasteiger partial charge in [0.15, 0.2) is 5.11 Å². The van der Waals surface area contributed by atoms with E-state index in [1.54, 1.807) is 0 Å². The van der Waals surface area contributed by atoms with Gasteiger partial charge in [0.2, 0.25) is 5.95 Å². The number of aromatic nitrogens is 2. The lowest BCUT2D eigenvalue weighted by Crippen LogP contribution is -2.44. The maximum Gasteiger partial charge on any atom is 0.225 e. The summed E-state index contributed by atoms with van der Waals surface area (Å²) in [5.74, 6) is 1.66. The summed E-state index contributed by atoms with van der Waals surface area (Å²) in [6.07, 6.45) is 4.36. The Bertz CT molecular complexity index is 761. The molecule has 148 valence electrons. The van der Waals surface area contributed by atoms with Gasteiger partial charge in [-0.15, -0.1) is 12.4 Å². The summed E-state index contributed by atoms with van der Waals surface area (Å²) >= 11 is 5.29. The van der Waals surface area contributed by atoms with Crippen molar-refractivity contribution in [1.29, 1.82) is 0 Å². The molecule has 3 N–H and O–H groups in total. The second-order valence-corrected chi connectivity index (χ2v) is 7.39. The molecule has 0 amide bonds. The molecule has 1 aromatic heterocycles. The van der Waals surface area contributed by atoms with Gasteiger partial charge >= 0.3 is 0 Å². The first kappa shape index (κ1) is 21.4. The minimum atomic E-state index is 0. The summed E-state index contributed by atoms with van der Waals surface area (Å²) in [6, 6.07) is 9.00. The van der Waals surface area contributed by atoms with Crippen molar-refractivity contribution in [3.63, 3.8) is 0 Å². The van der Waals surface area contributed by atoms with Gasteiger partial charge in [0.1, 0.15) is 5.82 Å². The van der Waals surface area contributed by atoms with Crippen LogP contribution in [0, 0.1) is 0 Å². The Hall–Kier alpha value is -1.86. The molecular formula is C19H29ClN6S. The molecule has 0 aliphatic heterocycles. The number of hydrogen-bond acceptors (Lipinski definition) is 5. The molecule has 0 spiro atoms. The van der Waals surface area contributed by atoms with Gasteiger partial charge in [0.05, 0.1) is 5.52 Å². The van der Waals surface area contributed by atoms with Crippen LogP contribution in [0.1, 0.15) is 32.6 Å². The zero-order chi connectivity index (χ0) is 18.5. The number of anilines is 2. The van der Waals surface area contributed by atoms with Crippen molar-refractivity contribution in [2.45, 2.75) is 44.7 Å². The first-order chi connectivity index (χ1) is 12.6. The molecule has 0 atom stereocenters. The summed E-state index contributed by atoms with van der Waals surface area (Å²) in [5, 5.41) is 11.9. The first-order valence-electron chi connectivity index (χ1n) is 9.31. The van der Waals surface area contributed by atoms with Crippen molar-refractivity contribution in [1.82, 2.24) is 20.6 Å². The number of benzene rings is 1. The van der Waals surface area contributed by atoms with Crippen molar-refractivity contribution >= 4 is 52.4 Å². The zero-order valence-corrected chi connectivity index (χ0v) is 17.8. The van der Waals surface area contributed by atoms with Gasteiger partial charge in [0.25, 0.3) is 0 Å². The largest absolute Gasteiger partial charge is 0.363 e. The highest BCUT2D eigenvalue weighted by Gasteiger charge is 2.22. The number of rotatable bonds is 5. The molecule has 0 saturated heterocycles. The molecule has 0 radical (unpaired) electrons. The smallest absolute Gasteiger partial charge is 0.225 e. The van der Waals surface area contributed by atoms with E-state index < -0.39 is 0 Å². The molecule has 1 saturated carbocycles. The number of thiocarbonyl (C=S) groups is 1. The highest BCUT2D eigenvalue weighted by molar-refractivity contribution is 7.80. The van der Waals surface area contributed by atoms with E-state index in [0.717, 1.165) is 54.1 Å². The van der Waals surface area contributed by atoms with Gasteiger partial charge < -0.3 is 20.9 Å². The van der Waals surface area contributed by atoms with Crippen LogP contribution in [0.5, 0.6) is 0 Å². The van der Waals surface area contributed by atoms with Crippen molar-refractivity contribution in [3.8, 4) is 0 Å². The van der Waals surface area contributed by atoms with Crippen LogP contribution >= 0.6 is 24.6 Å². The van der Waals surface area contributed by atoms with E-state index in [9.17, 15) is 0 Å². The van der Waals surface area contributed by atoms with Crippen LogP contribution in [-0.4, -0.2) is 47.8 Å². The normalized spacial score (nSPS) is 19.1. The minimum Gasteiger partial charge on any atom is -0.363 e. The Morgan fingerprint density at radius 3 is 2.44 bits per heavy atom. The van der Waals surface area contributed by atoms with E-state index in [2.05, 4.69) is 28.9 Å². The molecular weight excluding hydrogens is 380 g/mol. The lowest BCUT2D eigenvalue weighted by molar-refractivity contribution is 0.385. The Labute approximate surface area is 172 Å². The summed E-state index contributed by atoms with van der Waals surface area (Å²) in [7, 11) is 4.03. The topological polar surface area (TPSA) is 65.1 Å². The van der Waals surface area contributed by atoms with Crippen molar-refractivity contribution in [2.75, 3.05) is 30.9 Å². The third-order valence-electron chi connectivity index (χ3n) is 4.74. The van der Waals surface area contributed by atoms with Crippen LogP contribution in [0.15, 0.2) is 24.3 Å². The average molecular weight is 409 g/mol. The van der Waals surface area contributed by atoms with Gasteiger partial charge in [-0.3, -0.25) is 0 Å². The van der Waals surface area contributed by atoms with Crippen LogP contribution in [0.2, 0.25) is 0 Å². The molecule has 6 nitrogen and oxygen atoms in total. The van der Waals surface area contributed by atoms with Gasteiger partial charge in [0, 0.05) is 38.1 Å². The molecule has 8 heteroatoms. The van der Waals surface area contributed by atoms with E-state index in [0.29, 0.717) is 18.0 Å². The quantitative estimate of drug-likeness (QED) is 0.656. The highest BCUT2D eigenvalue weighted by Crippen LogP contribution is 2.26. The minimum absolute atomic E-state index is 0. The molecule has 0 bridgehead atoms. The number of nitrogens with zero attached hydrogens (tertiary/aromatic N) is 3. The van der Waals surface area contributed by atoms with Crippen LogP contribution in [0.3, 0.4) is 0 Å². The van der Waals surface area contributed by atoms with E-state index >= 15 is 0 Å².